The zero-order chi connectivity index (χ0) is 15.6. The van der Waals surface area contributed by atoms with Crippen LogP contribution in [0.1, 0.15) is 18.4 Å². The molecule has 1 aromatic rings. The molecular weight excluding hydrogens is 304 g/mol. The van der Waals surface area contributed by atoms with Gasteiger partial charge in [0.2, 0.25) is 5.91 Å². The maximum absolute atomic E-state index is 11.9. The van der Waals surface area contributed by atoms with Crippen LogP contribution in [0.3, 0.4) is 0 Å². The summed E-state index contributed by atoms with van der Waals surface area (Å²) in [5.74, 6) is 0.00882. The van der Waals surface area contributed by atoms with E-state index in [2.05, 4.69) is 20.3 Å². The lowest BCUT2D eigenvalue weighted by atomic mass is 10.2. The van der Waals surface area contributed by atoms with E-state index >= 15 is 0 Å². The van der Waals surface area contributed by atoms with E-state index in [4.69, 9.17) is 0 Å². The van der Waals surface area contributed by atoms with E-state index in [0.717, 1.165) is 19.4 Å². The van der Waals surface area contributed by atoms with Gasteiger partial charge in [0.15, 0.2) is 0 Å². The van der Waals surface area contributed by atoms with E-state index in [-0.39, 0.29) is 23.2 Å². The molecule has 2 aliphatic rings. The minimum Gasteiger partial charge on any atom is -0.353 e. The van der Waals surface area contributed by atoms with E-state index < -0.39 is 10.0 Å². The molecule has 0 bridgehead atoms. The minimum absolute atomic E-state index is 0.0983. The number of carbonyl (C=O) groups is 1. The maximum atomic E-state index is 11.9. The van der Waals surface area contributed by atoms with Crippen LogP contribution < -0.4 is 15.4 Å². The Kier molecular flexibility index (Phi) is 4.12. The van der Waals surface area contributed by atoms with Crippen molar-refractivity contribution in [2.45, 2.75) is 23.8 Å². The van der Waals surface area contributed by atoms with E-state index in [9.17, 15) is 13.2 Å². The molecule has 0 spiro atoms. The summed E-state index contributed by atoms with van der Waals surface area (Å²) in [6.07, 6.45) is 2.18. The molecule has 1 unspecified atom stereocenters. The summed E-state index contributed by atoms with van der Waals surface area (Å²) in [5, 5.41) is 6.10. The molecule has 0 radical (unpaired) electrons. The number of amides is 1. The van der Waals surface area contributed by atoms with Crippen molar-refractivity contribution in [3.63, 3.8) is 0 Å². The molecule has 2 heterocycles. The van der Waals surface area contributed by atoms with Crippen molar-refractivity contribution in [3.8, 4) is 0 Å². The summed E-state index contributed by atoms with van der Waals surface area (Å²) in [7, 11) is -3.55. The van der Waals surface area contributed by atoms with Gasteiger partial charge in [0, 0.05) is 18.2 Å². The van der Waals surface area contributed by atoms with Crippen molar-refractivity contribution < 1.29 is 13.2 Å². The molecule has 1 atom stereocenters. The lowest BCUT2D eigenvalue weighted by Crippen LogP contribution is -2.38. The average molecular weight is 322 g/mol. The highest BCUT2D eigenvalue weighted by Gasteiger charge is 2.30. The number of fused-ring (bicyclic) bond motifs is 1. The van der Waals surface area contributed by atoms with Gasteiger partial charge in [-0.2, -0.15) is 0 Å². The van der Waals surface area contributed by atoms with Gasteiger partial charge < -0.3 is 10.6 Å². The monoisotopic (exact) mass is 322 g/mol. The molecule has 1 saturated heterocycles. The van der Waals surface area contributed by atoms with Crippen LogP contribution in [-0.4, -0.2) is 45.8 Å². The first-order valence-electron chi connectivity index (χ1n) is 7.23. The second-order valence-electron chi connectivity index (χ2n) is 5.36. The van der Waals surface area contributed by atoms with Gasteiger partial charge >= 0.3 is 0 Å². The van der Waals surface area contributed by atoms with Crippen LogP contribution in [-0.2, 0) is 14.8 Å². The van der Waals surface area contributed by atoms with E-state index in [0.29, 0.717) is 18.2 Å². The second-order valence-corrected chi connectivity index (χ2v) is 7.01. The van der Waals surface area contributed by atoms with Crippen LogP contribution in [0.2, 0.25) is 0 Å². The van der Waals surface area contributed by atoms with E-state index in [1.165, 1.54) is 6.07 Å². The van der Waals surface area contributed by atoms with Gasteiger partial charge in [0.1, 0.15) is 12.4 Å². The summed E-state index contributed by atoms with van der Waals surface area (Å²) in [4.78, 5) is 16.1. The number of benzene rings is 1. The molecule has 22 heavy (non-hydrogen) atoms. The largest absolute Gasteiger partial charge is 0.353 e. The van der Waals surface area contributed by atoms with Gasteiger partial charge in [0.25, 0.3) is 10.0 Å². The highest BCUT2D eigenvalue weighted by Crippen LogP contribution is 2.21. The summed E-state index contributed by atoms with van der Waals surface area (Å²) in [6.45, 7) is 1.46. The SMILES string of the molecule is O=C(CN=C1NS(=O)(=O)c2ccccc21)NCC1CCCN1. The molecule has 2 aliphatic heterocycles. The van der Waals surface area contributed by atoms with E-state index in [1.807, 2.05) is 0 Å². The standard InChI is InChI=1S/C14H18N4O3S/c19-13(16-8-10-4-3-7-15-10)9-17-14-11-5-1-2-6-12(11)22(20,21)18-14/h1-2,5-6,10,15H,3-4,7-9H2,(H,16,19)(H,17,18). The van der Waals surface area contributed by atoms with Crippen LogP contribution >= 0.6 is 0 Å². The van der Waals surface area contributed by atoms with Crippen LogP contribution in [0.5, 0.6) is 0 Å². The molecule has 1 amide bonds. The van der Waals surface area contributed by atoms with Crippen molar-refractivity contribution in [1.29, 1.82) is 0 Å². The van der Waals surface area contributed by atoms with Crippen LogP contribution in [0, 0.1) is 0 Å². The number of aliphatic imine (C=N–C) groups is 1. The van der Waals surface area contributed by atoms with Crippen molar-refractivity contribution in [1.82, 2.24) is 15.4 Å². The number of sulfonamides is 1. The number of nitrogens with one attached hydrogen (secondary N) is 3. The zero-order valence-electron chi connectivity index (χ0n) is 12.0. The third-order valence-electron chi connectivity index (χ3n) is 3.75. The van der Waals surface area contributed by atoms with Crippen LogP contribution in [0.4, 0.5) is 0 Å². The van der Waals surface area contributed by atoms with Crippen molar-refractivity contribution in [3.05, 3.63) is 29.8 Å². The quantitative estimate of drug-likeness (QED) is 0.702. The molecule has 3 N–H and O–H groups in total. The number of amidine groups is 1. The fourth-order valence-corrected chi connectivity index (χ4v) is 3.88. The Bertz CT molecular complexity index is 709. The van der Waals surface area contributed by atoms with Crippen molar-refractivity contribution >= 4 is 21.8 Å². The third kappa shape index (κ3) is 3.12. The van der Waals surface area contributed by atoms with Crippen LogP contribution in [0.15, 0.2) is 34.2 Å². The zero-order valence-corrected chi connectivity index (χ0v) is 12.8. The number of hydrogen-bond donors (Lipinski definition) is 3. The normalized spacial score (nSPS) is 24.0. The van der Waals surface area contributed by atoms with Gasteiger partial charge in [0.05, 0.1) is 4.90 Å². The molecule has 118 valence electrons. The first-order valence-corrected chi connectivity index (χ1v) is 8.71. The van der Waals surface area contributed by atoms with Gasteiger partial charge in [-0.3, -0.25) is 14.5 Å². The summed E-state index contributed by atoms with van der Waals surface area (Å²) < 4.78 is 26.2. The highest BCUT2D eigenvalue weighted by atomic mass is 32.2. The number of hydrogen-bond acceptors (Lipinski definition) is 5. The molecule has 0 aliphatic carbocycles. The molecule has 8 heteroatoms. The topological polar surface area (TPSA) is 99.7 Å². The van der Waals surface area contributed by atoms with E-state index in [1.54, 1.807) is 18.2 Å². The summed E-state index contributed by atoms with van der Waals surface area (Å²) >= 11 is 0. The average Bonchev–Trinajstić information content (AvgIpc) is 3.10. The fourth-order valence-electron chi connectivity index (χ4n) is 2.63. The lowest BCUT2D eigenvalue weighted by Gasteiger charge is -2.10. The predicted octanol–water partition coefficient (Wildman–Crippen LogP) is -0.407. The Balaban J connectivity index is 1.62. The molecule has 7 nitrogen and oxygen atoms in total. The predicted molar refractivity (Wildman–Crippen MR) is 82.2 cm³/mol. The van der Waals surface area contributed by atoms with Crippen molar-refractivity contribution in [2.24, 2.45) is 4.99 Å². The molecular formula is C14H18N4O3S. The second kappa shape index (κ2) is 6.05. The first-order chi connectivity index (χ1) is 10.6. The Labute approximate surface area is 129 Å². The summed E-state index contributed by atoms with van der Waals surface area (Å²) in [6, 6.07) is 6.91. The Morgan fingerprint density at radius 3 is 2.95 bits per heavy atom. The minimum atomic E-state index is -3.55. The Morgan fingerprint density at radius 2 is 2.18 bits per heavy atom. The Morgan fingerprint density at radius 1 is 1.36 bits per heavy atom. The summed E-state index contributed by atoms with van der Waals surface area (Å²) in [5.41, 5.74) is 0.507. The molecule has 0 aromatic heterocycles. The fraction of sp³-hybridized carbons (Fsp3) is 0.429. The van der Waals surface area contributed by atoms with Crippen molar-refractivity contribution in [2.75, 3.05) is 19.6 Å². The van der Waals surface area contributed by atoms with Gasteiger partial charge in [-0.25, -0.2) is 8.42 Å². The lowest BCUT2D eigenvalue weighted by molar-refractivity contribution is -0.119. The number of carbonyl (C=O) groups excluding carboxylic acids is 1. The van der Waals surface area contributed by atoms with Gasteiger partial charge in [-0.15, -0.1) is 0 Å². The number of nitrogens with zero attached hydrogens (tertiary/aromatic N) is 1. The van der Waals surface area contributed by atoms with Crippen LogP contribution in [0.25, 0.3) is 0 Å². The smallest absolute Gasteiger partial charge is 0.263 e. The molecule has 3 rings (SSSR count). The Hall–Kier alpha value is -1.93. The highest BCUT2D eigenvalue weighted by molar-refractivity contribution is 7.90. The maximum Gasteiger partial charge on any atom is 0.263 e. The molecule has 1 aromatic carbocycles. The molecule has 0 saturated carbocycles. The number of rotatable bonds is 4. The first kappa shape index (κ1) is 15.0. The third-order valence-corrected chi connectivity index (χ3v) is 5.15. The molecule has 1 fully saturated rings. The van der Waals surface area contributed by atoms with Gasteiger partial charge in [-0.05, 0) is 31.5 Å². The van der Waals surface area contributed by atoms with Gasteiger partial charge in [-0.1, -0.05) is 12.1 Å².